The van der Waals surface area contributed by atoms with Crippen molar-refractivity contribution in [1.29, 1.82) is 0 Å². The van der Waals surface area contributed by atoms with Crippen LogP contribution in [0.15, 0.2) is 22.3 Å². The Kier molecular flexibility index (Phi) is 3.80. The van der Waals surface area contributed by atoms with Crippen molar-refractivity contribution in [3.8, 4) is 0 Å². The molecule has 0 unspecified atom stereocenters. The number of hydrogen-bond acceptors (Lipinski definition) is 4. The van der Waals surface area contributed by atoms with Crippen molar-refractivity contribution in [2.75, 3.05) is 5.75 Å². The van der Waals surface area contributed by atoms with Crippen molar-refractivity contribution < 1.29 is 5.21 Å². The summed E-state index contributed by atoms with van der Waals surface area (Å²) in [5, 5.41) is 12.8. The van der Waals surface area contributed by atoms with Crippen LogP contribution >= 0.6 is 11.8 Å². The van der Waals surface area contributed by atoms with Gasteiger partial charge in [-0.25, -0.2) is 4.98 Å². The normalized spacial score (nSPS) is 17.8. The highest BCUT2D eigenvalue weighted by atomic mass is 32.2. The Hall–Kier alpha value is -1.23. The lowest BCUT2D eigenvalue weighted by Crippen LogP contribution is -2.19. The Morgan fingerprint density at radius 3 is 2.78 bits per heavy atom. The molecule has 0 aliphatic heterocycles. The Morgan fingerprint density at radius 1 is 1.50 bits per heavy atom. The van der Waals surface area contributed by atoms with Crippen LogP contribution in [0.3, 0.4) is 0 Å². The molecule has 1 fully saturated rings. The van der Waals surface area contributed by atoms with Crippen LogP contribution in [0.4, 0.5) is 0 Å². The van der Waals surface area contributed by atoms with E-state index in [4.69, 9.17) is 10.9 Å². The summed E-state index contributed by atoms with van der Waals surface area (Å²) in [6.45, 7) is 4.10. The number of thioether (sulfide) groups is 1. The van der Waals surface area contributed by atoms with Gasteiger partial charge in [-0.2, -0.15) is 0 Å². The molecule has 0 aromatic carbocycles. The first-order valence-electron chi connectivity index (χ1n) is 6.07. The summed E-state index contributed by atoms with van der Waals surface area (Å²) >= 11 is 1.77. The third kappa shape index (κ3) is 3.38. The fourth-order valence-corrected chi connectivity index (χ4v) is 3.40. The van der Waals surface area contributed by atoms with Gasteiger partial charge in [0.05, 0.1) is 5.03 Å². The molecule has 0 spiro atoms. The number of aromatic nitrogens is 1. The number of aryl methyl sites for hydroxylation is 2. The van der Waals surface area contributed by atoms with Crippen molar-refractivity contribution in [1.82, 2.24) is 4.98 Å². The van der Waals surface area contributed by atoms with Gasteiger partial charge in [-0.1, -0.05) is 5.16 Å². The maximum Gasteiger partial charge on any atom is 0.139 e. The monoisotopic (exact) mass is 265 g/mol. The van der Waals surface area contributed by atoms with Gasteiger partial charge in [0.25, 0.3) is 0 Å². The molecule has 2 rings (SSSR count). The Labute approximate surface area is 112 Å². The topological polar surface area (TPSA) is 71.5 Å². The molecule has 3 N–H and O–H groups in total. The fourth-order valence-electron chi connectivity index (χ4n) is 2.07. The molecule has 1 aliphatic carbocycles. The highest BCUT2D eigenvalue weighted by molar-refractivity contribution is 7.99. The maximum atomic E-state index is 8.63. The van der Waals surface area contributed by atoms with E-state index in [2.05, 4.69) is 29.2 Å². The Bertz CT molecular complexity index is 449. The van der Waals surface area contributed by atoms with E-state index >= 15 is 0 Å². The number of amidine groups is 1. The summed E-state index contributed by atoms with van der Waals surface area (Å²) in [5.41, 5.74) is 8.11. The molecule has 5 heteroatoms. The summed E-state index contributed by atoms with van der Waals surface area (Å²) in [5.74, 6) is 1.32. The third-order valence-corrected chi connectivity index (χ3v) is 4.50. The predicted molar refractivity (Wildman–Crippen MR) is 74.1 cm³/mol. The Balaban J connectivity index is 1.95. The molecule has 0 atom stereocenters. The number of pyridine rings is 1. The molecule has 0 radical (unpaired) electrons. The molecule has 0 saturated heterocycles. The van der Waals surface area contributed by atoms with Crippen molar-refractivity contribution >= 4 is 17.6 Å². The lowest BCUT2D eigenvalue weighted by molar-refractivity contribution is 0.315. The molecule has 18 heavy (non-hydrogen) atoms. The van der Waals surface area contributed by atoms with Gasteiger partial charge in [0.15, 0.2) is 0 Å². The van der Waals surface area contributed by atoms with Crippen molar-refractivity contribution in [2.24, 2.45) is 16.3 Å². The van der Waals surface area contributed by atoms with E-state index < -0.39 is 0 Å². The lowest BCUT2D eigenvalue weighted by Gasteiger charge is -2.13. The van der Waals surface area contributed by atoms with Crippen LogP contribution in [0.25, 0.3) is 0 Å². The quantitative estimate of drug-likeness (QED) is 0.282. The second-order valence-corrected chi connectivity index (χ2v) is 6.18. The van der Waals surface area contributed by atoms with Gasteiger partial charge >= 0.3 is 0 Å². The van der Waals surface area contributed by atoms with Crippen LogP contribution < -0.4 is 5.73 Å². The van der Waals surface area contributed by atoms with Crippen LogP contribution in [0.5, 0.6) is 0 Å². The molecular formula is C13H19N3OS. The van der Waals surface area contributed by atoms with Crippen molar-refractivity contribution in [2.45, 2.75) is 38.1 Å². The van der Waals surface area contributed by atoms with Gasteiger partial charge in [0.1, 0.15) is 5.84 Å². The predicted octanol–water partition coefficient (Wildman–Crippen LogP) is 2.71. The van der Waals surface area contributed by atoms with Crippen LogP contribution in [-0.2, 0) is 0 Å². The zero-order valence-corrected chi connectivity index (χ0v) is 11.6. The van der Waals surface area contributed by atoms with Crippen LogP contribution in [0.1, 0.15) is 30.5 Å². The first-order valence-corrected chi connectivity index (χ1v) is 7.06. The second kappa shape index (κ2) is 5.18. The number of rotatable bonds is 5. The molecule has 1 aromatic rings. The number of nitrogens with zero attached hydrogens (tertiary/aromatic N) is 2. The minimum Gasteiger partial charge on any atom is -0.409 e. The zero-order valence-electron chi connectivity index (χ0n) is 10.8. The maximum absolute atomic E-state index is 8.63. The standard InChI is InChI=1S/C13H19N3OS/c1-9-5-10(2)15-12(6-9)18-8-13(3-4-13)7-11(14)16-17/h5-6,17H,3-4,7-8H2,1-2H3,(H2,14,16). The molecule has 1 aliphatic rings. The van der Waals surface area contributed by atoms with Gasteiger partial charge in [-0.3, -0.25) is 0 Å². The van der Waals surface area contributed by atoms with Gasteiger partial charge < -0.3 is 10.9 Å². The van der Waals surface area contributed by atoms with Crippen molar-refractivity contribution in [3.05, 3.63) is 23.4 Å². The first kappa shape index (κ1) is 13.2. The second-order valence-electron chi connectivity index (χ2n) is 5.18. The lowest BCUT2D eigenvalue weighted by atomic mass is 10.1. The minimum absolute atomic E-state index is 0.223. The molecule has 4 nitrogen and oxygen atoms in total. The van der Waals surface area contributed by atoms with Crippen LogP contribution in [0.2, 0.25) is 0 Å². The fraction of sp³-hybridized carbons (Fsp3) is 0.538. The molecule has 0 amide bonds. The van der Waals surface area contributed by atoms with E-state index in [1.165, 1.54) is 5.56 Å². The average Bonchev–Trinajstić information content (AvgIpc) is 3.05. The average molecular weight is 265 g/mol. The van der Waals surface area contributed by atoms with E-state index in [-0.39, 0.29) is 5.41 Å². The van der Waals surface area contributed by atoms with E-state index in [1.807, 2.05) is 6.92 Å². The summed E-state index contributed by atoms with van der Waals surface area (Å²) in [7, 11) is 0. The van der Waals surface area contributed by atoms with Gasteiger partial charge in [0.2, 0.25) is 0 Å². The highest BCUT2D eigenvalue weighted by Gasteiger charge is 2.43. The van der Waals surface area contributed by atoms with E-state index in [0.29, 0.717) is 12.3 Å². The van der Waals surface area contributed by atoms with E-state index in [9.17, 15) is 0 Å². The molecule has 1 saturated carbocycles. The van der Waals surface area contributed by atoms with Crippen molar-refractivity contribution in [3.63, 3.8) is 0 Å². The number of hydrogen-bond donors (Lipinski definition) is 2. The summed E-state index contributed by atoms with van der Waals surface area (Å²) < 4.78 is 0. The molecule has 1 aromatic heterocycles. The molecule has 1 heterocycles. The van der Waals surface area contributed by atoms with Gasteiger partial charge in [-0.15, -0.1) is 11.8 Å². The summed E-state index contributed by atoms with van der Waals surface area (Å²) in [6, 6.07) is 4.19. The minimum atomic E-state index is 0.223. The summed E-state index contributed by atoms with van der Waals surface area (Å²) in [6.07, 6.45) is 2.99. The van der Waals surface area contributed by atoms with E-state index in [1.54, 1.807) is 11.8 Å². The number of oxime groups is 1. The largest absolute Gasteiger partial charge is 0.409 e. The van der Waals surface area contributed by atoms with E-state index in [0.717, 1.165) is 29.3 Å². The summed E-state index contributed by atoms with van der Waals surface area (Å²) in [4.78, 5) is 4.52. The molecular weight excluding hydrogens is 246 g/mol. The van der Waals surface area contributed by atoms with Gasteiger partial charge in [-0.05, 0) is 49.8 Å². The SMILES string of the molecule is Cc1cc(C)nc(SCC2(C/C(N)=N/O)CC2)c1. The first-order chi connectivity index (χ1) is 8.53. The van der Waals surface area contributed by atoms with Gasteiger partial charge in [0, 0.05) is 17.9 Å². The third-order valence-electron chi connectivity index (χ3n) is 3.24. The smallest absolute Gasteiger partial charge is 0.139 e. The molecule has 98 valence electrons. The molecule has 0 bridgehead atoms. The number of nitrogens with two attached hydrogens (primary N) is 1. The zero-order chi connectivity index (χ0) is 13.2. The Morgan fingerprint density at radius 2 is 2.22 bits per heavy atom. The van der Waals surface area contributed by atoms with Crippen LogP contribution in [0, 0.1) is 19.3 Å². The van der Waals surface area contributed by atoms with Crippen LogP contribution in [-0.4, -0.2) is 21.8 Å². The highest BCUT2D eigenvalue weighted by Crippen LogP contribution is 2.51.